The third-order valence-electron chi connectivity index (χ3n) is 3.12. The maximum atomic E-state index is 13.0. The number of carbonyl (C=O) groups excluding carboxylic acids is 1. The average molecular weight is 236 g/mol. The lowest BCUT2D eigenvalue weighted by atomic mass is 10.0. The van der Waals surface area contributed by atoms with Gasteiger partial charge in [0.2, 0.25) is 0 Å². The lowest BCUT2D eigenvalue weighted by Gasteiger charge is -2.10. The number of ether oxygens (including phenoxy) is 1. The third-order valence-corrected chi connectivity index (χ3v) is 3.12. The molecule has 0 saturated carbocycles. The van der Waals surface area contributed by atoms with Gasteiger partial charge in [-0.05, 0) is 24.6 Å². The molecule has 0 N–H and O–H groups in total. The van der Waals surface area contributed by atoms with Gasteiger partial charge in [-0.15, -0.1) is 0 Å². The number of halogens is 1. The van der Waals surface area contributed by atoms with E-state index in [9.17, 15) is 9.18 Å². The number of benzene rings is 1. The first-order valence-corrected chi connectivity index (χ1v) is 6.04. The molecule has 1 atom stereocenters. The van der Waals surface area contributed by atoms with E-state index < -0.39 is 0 Å². The molecule has 0 radical (unpaired) electrons. The molecule has 0 saturated heterocycles. The molecule has 1 aliphatic rings. The Morgan fingerprint density at radius 3 is 3.00 bits per heavy atom. The minimum Gasteiger partial charge on any atom is -0.490 e. The van der Waals surface area contributed by atoms with E-state index in [2.05, 4.69) is 0 Å². The van der Waals surface area contributed by atoms with Crippen LogP contribution in [0.1, 0.15) is 32.3 Å². The maximum absolute atomic E-state index is 13.0. The zero-order valence-corrected chi connectivity index (χ0v) is 10.2. The standard InChI is InChI=1S/C14H17FO2/c1-9(2)13(16)5-4-12-8-10-7-11(15)3-6-14(10)17-12/h3,6-7,9,12H,4-5,8H2,1-2H3. The molecule has 0 fully saturated rings. The zero-order valence-electron chi connectivity index (χ0n) is 10.2. The second-order valence-corrected chi connectivity index (χ2v) is 4.86. The highest BCUT2D eigenvalue weighted by atomic mass is 19.1. The average Bonchev–Trinajstić information content (AvgIpc) is 2.67. The Morgan fingerprint density at radius 2 is 2.29 bits per heavy atom. The lowest BCUT2D eigenvalue weighted by Crippen LogP contribution is -2.16. The van der Waals surface area contributed by atoms with Crippen LogP contribution in [0, 0.1) is 11.7 Å². The van der Waals surface area contributed by atoms with Crippen molar-refractivity contribution in [1.29, 1.82) is 0 Å². The number of Topliss-reactive ketones (excluding diaryl/α,β-unsaturated/α-hetero) is 1. The van der Waals surface area contributed by atoms with Gasteiger partial charge in [-0.1, -0.05) is 13.8 Å². The van der Waals surface area contributed by atoms with Crippen LogP contribution in [0.25, 0.3) is 0 Å². The van der Waals surface area contributed by atoms with Gasteiger partial charge in [0.1, 0.15) is 23.5 Å². The molecule has 0 bridgehead atoms. The van der Waals surface area contributed by atoms with E-state index in [0.717, 1.165) is 11.3 Å². The van der Waals surface area contributed by atoms with Gasteiger partial charge in [-0.2, -0.15) is 0 Å². The van der Waals surface area contributed by atoms with E-state index in [4.69, 9.17) is 4.74 Å². The summed E-state index contributed by atoms with van der Waals surface area (Å²) in [5, 5.41) is 0. The summed E-state index contributed by atoms with van der Waals surface area (Å²) in [5.74, 6) is 0.867. The van der Waals surface area contributed by atoms with Crippen molar-refractivity contribution in [1.82, 2.24) is 0 Å². The van der Waals surface area contributed by atoms with Crippen molar-refractivity contribution in [3.63, 3.8) is 0 Å². The molecule has 1 aliphatic heterocycles. The highest BCUT2D eigenvalue weighted by molar-refractivity contribution is 5.80. The van der Waals surface area contributed by atoms with Crippen molar-refractivity contribution in [2.24, 2.45) is 5.92 Å². The van der Waals surface area contributed by atoms with Gasteiger partial charge >= 0.3 is 0 Å². The molecular weight excluding hydrogens is 219 g/mol. The van der Waals surface area contributed by atoms with Crippen LogP contribution in [0.5, 0.6) is 5.75 Å². The first-order chi connectivity index (χ1) is 8.06. The minimum absolute atomic E-state index is 0.0227. The van der Waals surface area contributed by atoms with Gasteiger partial charge in [-0.25, -0.2) is 4.39 Å². The number of rotatable bonds is 4. The van der Waals surface area contributed by atoms with E-state index in [1.165, 1.54) is 12.1 Å². The Hall–Kier alpha value is -1.38. The second kappa shape index (κ2) is 4.86. The molecular formula is C14H17FO2. The second-order valence-electron chi connectivity index (χ2n) is 4.86. The number of hydrogen-bond acceptors (Lipinski definition) is 2. The minimum atomic E-state index is -0.230. The molecule has 0 aliphatic carbocycles. The van der Waals surface area contributed by atoms with Crippen molar-refractivity contribution >= 4 is 5.78 Å². The predicted octanol–water partition coefficient (Wildman–Crippen LogP) is 3.13. The van der Waals surface area contributed by atoms with Gasteiger partial charge in [-0.3, -0.25) is 4.79 Å². The summed E-state index contributed by atoms with van der Waals surface area (Å²) >= 11 is 0. The van der Waals surface area contributed by atoms with Gasteiger partial charge in [0.15, 0.2) is 0 Å². The summed E-state index contributed by atoms with van der Waals surface area (Å²) in [4.78, 5) is 11.5. The Kier molecular flexibility index (Phi) is 3.46. The molecule has 1 aromatic rings. The fourth-order valence-electron chi connectivity index (χ4n) is 2.04. The molecule has 0 spiro atoms. The summed E-state index contributed by atoms with van der Waals surface area (Å²) in [6, 6.07) is 4.58. The molecule has 1 aromatic carbocycles. The summed E-state index contributed by atoms with van der Waals surface area (Å²) in [7, 11) is 0. The molecule has 1 heterocycles. The Morgan fingerprint density at radius 1 is 1.53 bits per heavy atom. The predicted molar refractivity (Wildman–Crippen MR) is 63.6 cm³/mol. The molecule has 92 valence electrons. The monoisotopic (exact) mass is 236 g/mol. The summed E-state index contributed by atoms with van der Waals surface area (Å²) < 4.78 is 18.7. The Balaban J connectivity index is 1.90. The van der Waals surface area contributed by atoms with E-state index in [0.29, 0.717) is 19.3 Å². The van der Waals surface area contributed by atoms with Crippen LogP contribution in [-0.2, 0) is 11.2 Å². The molecule has 17 heavy (non-hydrogen) atoms. The fourth-order valence-corrected chi connectivity index (χ4v) is 2.04. The topological polar surface area (TPSA) is 26.3 Å². The largest absolute Gasteiger partial charge is 0.490 e. The van der Waals surface area contributed by atoms with E-state index in [-0.39, 0.29) is 23.6 Å². The molecule has 0 amide bonds. The van der Waals surface area contributed by atoms with Crippen molar-refractivity contribution in [2.75, 3.05) is 0 Å². The van der Waals surface area contributed by atoms with Crippen molar-refractivity contribution in [3.8, 4) is 5.75 Å². The van der Waals surface area contributed by atoms with Crippen molar-refractivity contribution in [3.05, 3.63) is 29.6 Å². The van der Waals surface area contributed by atoms with Gasteiger partial charge < -0.3 is 4.74 Å². The molecule has 2 rings (SSSR count). The van der Waals surface area contributed by atoms with E-state index in [1.807, 2.05) is 13.8 Å². The van der Waals surface area contributed by atoms with Crippen LogP contribution in [0.2, 0.25) is 0 Å². The smallest absolute Gasteiger partial charge is 0.135 e. The summed E-state index contributed by atoms with van der Waals surface area (Å²) in [6.07, 6.45) is 1.99. The number of hydrogen-bond donors (Lipinski definition) is 0. The van der Waals surface area contributed by atoms with Gasteiger partial charge in [0.05, 0.1) is 0 Å². The van der Waals surface area contributed by atoms with Crippen LogP contribution in [0.3, 0.4) is 0 Å². The van der Waals surface area contributed by atoms with Crippen LogP contribution in [0.15, 0.2) is 18.2 Å². The summed E-state index contributed by atoms with van der Waals surface area (Å²) in [6.45, 7) is 3.81. The van der Waals surface area contributed by atoms with Crippen LogP contribution >= 0.6 is 0 Å². The van der Waals surface area contributed by atoms with Gasteiger partial charge in [0.25, 0.3) is 0 Å². The van der Waals surface area contributed by atoms with Crippen LogP contribution in [-0.4, -0.2) is 11.9 Å². The van der Waals surface area contributed by atoms with Crippen molar-refractivity contribution < 1.29 is 13.9 Å². The van der Waals surface area contributed by atoms with E-state index >= 15 is 0 Å². The third kappa shape index (κ3) is 2.84. The first-order valence-electron chi connectivity index (χ1n) is 6.04. The molecule has 3 heteroatoms. The SMILES string of the molecule is CC(C)C(=O)CCC1Cc2cc(F)ccc2O1. The quantitative estimate of drug-likeness (QED) is 0.802. The van der Waals surface area contributed by atoms with Crippen LogP contribution in [0.4, 0.5) is 4.39 Å². The number of carbonyl (C=O) groups is 1. The Labute approximate surface area is 101 Å². The lowest BCUT2D eigenvalue weighted by molar-refractivity contribution is -0.122. The van der Waals surface area contributed by atoms with Crippen LogP contribution < -0.4 is 4.74 Å². The summed E-state index contributed by atoms with van der Waals surface area (Å²) in [5.41, 5.74) is 0.909. The highest BCUT2D eigenvalue weighted by Gasteiger charge is 2.24. The number of fused-ring (bicyclic) bond motifs is 1. The highest BCUT2D eigenvalue weighted by Crippen LogP contribution is 2.31. The molecule has 2 nitrogen and oxygen atoms in total. The Bertz CT molecular complexity index is 426. The van der Waals surface area contributed by atoms with E-state index in [1.54, 1.807) is 6.07 Å². The zero-order chi connectivity index (χ0) is 12.4. The first kappa shape index (κ1) is 12.1. The van der Waals surface area contributed by atoms with Gasteiger partial charge in [0, 0.05) is 24.3 Å². The maximum Gasteiger partial charge on any atom is 0.135 e. The normalized spacial score (nSPS) is 18.0. The fraction of sp³-hybridized carbons (Fsp3) is 0.500. The molecule has 0 aromatic heterocycles. The number of ketones is 1. The molecule has 1 unspecified atom stereocenters. The van der Waals surface area contributed by atoms with Crippen molar-refractivity contribution in [2.45, 2.75) is 39.2 Å².